The second-order valence-electron chi connectivity index (χ2n) is 5.98. The summed E-state index contributed by atoms with van der Waals surface area (Å²) >= 11 is 0. The predicted molar refractivity (Wildman–Crippen MR) is 84.6 cm³/mol. The molecule has 0 aromatic carbocycles. The summed E-state index contributed by atoms with van der Waals surface area (Å²) in [7, 11) is 1.30. The van der Waals surface area contributed by atoms with Crippen LogP contribution in [0.4, 0.5) is 0 Å². The van der Waals surface area contributed by atoms with Crippen molar-refractivity contribution in [3.05, 3.63) is 46.9 Å². The Bertz CT molecular complexity index is 765. The molecule has 1 aliphatic rings. The van der Waals surface area contributed by atoms with E-state index in [0.717, 1.165) is 11.5 Å². The van der Waals surface area contributed by atoms with Gasteiger partial charge in [0, 0.05) is 25.1 Å². The number of hydrogen-bond acceptors (Lipinski definition) is 6. The Hall–Kier alpha value is -2.70. The number of amides is 1. The first-order valence-corrected chi connectivity index (χ1v) is 7.81. The molecule has 0 saturated heterocycles. The number of carbonyl (C=O) groups is 2. The quantitative estimate of drug-likeness (QED) is 0.802. The minimum absolute atomic E-state index is 0.189. The van der Waals surface area contributed by atoms with E-state index in [1.165, 1.54) is 25.4 Å². The molecule has 0 atom stereocenters. The molecule has 0 fully saturated rings. The number of fused-ring (bicyclic) bond motifs is 1. The molecule has 1 amide bonds. The number of esters is 1. The van der Waals surface area contributed by atoms with Gasteiger partial charge in [0.2, 0.25) is 0 Å². The number of carbonyl (C=O) groups excluding carboxylic acids is 2. The lowest BCUT2D eigenvalue weighted by molar-refractivity contribution is 0.0598. The maximum atomic E-state index is 12.6. The van der Waals surface area contributed by atoms with Gasteiger partial charge in [-0.1, -0.05) is 13.8 Å². The van der Waals surface area contributed by atoms with Crippen LogP contribution in [0.2, 0.25) is 0 Å². The molecular weight excluding hydrogens is 310 g/mol. The maximum Gasteiger partial charge on any atom is 0.339 e. The Morgan fingerprint density at radius 1 is 1.33 bits per heavy atom. The molecule has 0 spiro atoms. The Morgan fingerprint density at radius 3 is 2.75 bits per heavy atom. The highest BCUT2D eigenvalue weighted by Crippen LogP contribution is 2.24. The first-order valence-electron chi connectivity index (χ1n) is 7.81. The molecule has 7 nitrogen and oxygen atoms in total. The van der Waals surface area contributed by atoms with Gasteiger partial charge in [0.05, 0.1) is 19.2 Å². The van der Waals surface area contributed by atoms with Gasteiger partial charge in [-0.05, 0) is 12.1 Å². The fourth-order valence-electron chi connectivity index (χ4n) is 2.56. The minimum atomic E-state index is -0.479. The van der Waals surface area contributed by atoms with Gasteiger partial charge in [0.1, 0.15) is 17.1 Å². The Morgan fingerprint density at radius 2 is 2.12 bits per heavy atom. The number of aromatic nitrogens is 2. The van der Waals surface area contributed by atoms with Crippen molar-refractivity contribution in [3.63, 3.8) is 0 Å². The molecule has 0 saturated carbocycles. The fraction of sp³-hybridized carbons (Fsp3) is 0.412. The third-order valence-corrected chi connectivity index (χ3v) is 3.93. The van der Waals surface area contributed by atoms with Gasteiger partial charge in [-0.15, -0.1) is 0 Å². The van der Waals surface area contributed by atoms with Gasteiger partial charge >= 0.3 is 5.97 Å². The standard InChI is InChI=1S/C17H19N3O4/c1-10(2)15-19-13-9-20(7-6-14(13)24-15)16(21)12-5-4-11(8-18-12)17(22)23-3/h4-5,8,10H,6-7,9H2,1-3H3. The summed E-state index contributed by atoms with van der Waals surface area (Å²) < 4.78 is 10.4. The summed E-state index contributed by atoms with van der Waals surface area (Å²) in [5.41, 5.74) is 1.41. The Labute approximate surface area is 139 Å². The molecule has 0 radical (unpaired) electrons. The van der Waals surface area contributed by atoms with Crippen molar-refractivity contribution < 1.29 is 18.7 Å². The van der Waals surface area contributed by atoms with Crippen molar-refractivity contribution in [3.8, 4) is 0 Å². The van der Waals surface area contributed by atoms with Gasteiger partial charge in [-0.25, -0.2) is 9.78 Å². The Kier molecular flexibility index (Phi) is 4.33. The second kappa shape index (κ2) is 6.43. The van der Waals surface area contributed by atoms with Crippen molar-refractivity contribution in [2.24, 2.45) is 0 Å². The normalized spacial score (nSPS) is 13.8. The van der Waals surface area contributed by atoms with E-state index in [4.69, 9.17) is 4.42 Å². The van der Waals surface area contributed by atoms with Crippen LogP contribution < -0.4 is 0 Å². The molecule has 2 aromatic heterocycles. The lowest BCUT2D eigenvalue weighted by atomic mass is 10.1. The molecule has 24 heavy (non-hydrogen) atoms. The van der Waals surface area contributed by atoms with E-state index >= 15 is 0 Å². The van der Waals surface area contributed by atoms with Gasteiger partial charge in [0.15, 0.2) is 5.89 Å². The zero-order chi connectivity index (χ0) is 17.3. The molecule has 126 valence electrons. The summed E-state index contributed by atoms with van der Waals surface area (Å²) in [6.45, 7) is 5.00. The molecule has 0 bridgehead atoms. The number of ether oxygens (including phenoxy) is 1. The molecule has 0 N–H and O–H groups in total. The minimum Gasteiger partial charge on any atom is -0.465 e. The van der Waals surface area contributed by atoms with Crippen molar-refractivity contribution in [2.45, 2.75) is 32.7 Å². The van der Waals surface area contributed by atoms with Crippen molar-refractivity contribution in [2.75, 3.05) is 13.7 Å². The predicted octanol–water partition coefficient (Wildman–Crippen LogP) is 2.18. The topological polar surface area (TPSA) is 85.5 Å². The van der Waals surface area contributed by atoms with E-state index in [9.17, 15) is 9.59 Å². The molecule has 0 aliphatic carbocycles. The zero-order valence-corrected chi connectivity index (χ0v) is 13.9. The Balaban J connectivity index is 1.75. The van der Waals surface area contributed by atoms with Gasteiger partial charge < -0.3 is 14.1 Å². The van der Waals surface area contributed by atoms with Crippen LogP contribution >= 0.6 is 0 Å². The molecule has 7 heteroatoms. The van der Waals surface area contributed by atoms with Crippen LogP contribution in [0.25, 0.3) is 0 Å². The SMILES string of the molecule is COC(=O)c1ccc(C(=O)N2CCc3oc(C(C)C)nc3C2)nc1. The number of hydrogen-bond donors (Lipinski definition) is 0. The number of methoxy groups -OCH3 is 1. The van der Waals surface area contributed by atoms with E-state index < -0.39 is 5.97 Å². The van der Waals surface area contributed by atoms with Crippen LogP contribution in [-0.2, 0) is 17.7 Å². The maximum absolute atomic E-state index is 12.6. The van der Waals surface area contributed by atoms with Crippen LogP contribution in [0.3, 0.4) is 0 Å². The van der Waals surface area contributed by atoms with Gasteiger partial charge in [0.25, 0.3) is 5.91 Å². The highest BCUT2D eigenvalue weighted by Gasteiger charge is 2.27. The largest absolute Gasteiger partial charge is 0.465 e. The average Bonchev–Trinajstić information content (AvgIpc) is 3.04. The van der Waals surface area contributed by atoms with Crippen LogP contribution in [0.5, 0.6) is 0 Å². The number of nitrogens with zero attached hydrogens (tertiary/aromatic N) is 3. The first-order chi connectivity index (χ1) is 11.5. The second-order valence-corrected chi connectivity index (χ2v) is 5.98. The third kappa shape index (κ3) is 3.02. The van der Waals surface area contributed by atoms with E-state index in [0.29, 0.717) is 36.7 Å². The third-order valence-electron chi connectivity index (χ3n) is 3.93. The summed E-state index contributed by atoms with van der Waals surface area (Å²) in [4.78, 5) is 34.3. The van der Waals surface area contributed by atoms with E-state index in [-0.39, 0.29) is 11.8 Å². The van der Waals surface area contributed by atoms with E-state index in [1.54, 1.807) is 4.90 Å². The summed E-state index contributed by atoms with van der Waals surface area (Å²) in [5.74, 6) is 1.11. The lowest BCUT2D eigenvalue weighted by Crippen LogP contribution is -2.36. The molecule has 3 rings (SSSR count). The number of oxazole rings is 1. The molecule has 1 aliphatic heterocycles. The molecule has 0 unspecified atom stereocenters. The average molecular weight is 329 g/mol. The van der Waals surface area contributed by atoms with Gasteiger partial charge in [-0.3, -0.25) is 9.78 Å². The summed E-state index contributed by atoms with van der Waals surface area (Å²) in [6.07, 6.45) is 1.99. The first kappa shape index (κ1) is 16.2. The lowest BCUT2D eigenvalue weighted by Gasteiger charge is -2.24. The van der Waals surface area contributed by atoms with E-state index in [2.05, 4.69) is 14.7 Å². The van der Waals surface area contributed by atoms with Crippen LogP contribution in [-0.4, -0.2) is 40.4 Å². The summed E-state index contributed by atoms with van der Waals surface area (Å²) in [6, 6.07) is 3.07. The highest BCUT2D eigenvalue weighted by atomic mass is 16.5. The summed E-state index contributed by atoms with van der Waals surface area (Å²) in [5, 5.41) is 0. The molecular formula is C17H19N3O4. The van der Waals surface area contributed by atoms with Crippen molar-refractivity contribution >= 4 is 11.9 Å². The van der Waals surface area contributed by atoms with Crippen LogP contribution in [0.15, 0.2) is 22.7 Å². The van der Waals surface area contributed by atoms with Crippen molar-refractivity contribution in [1.29, 1.82) is 0 Å². The van der Waals surface area contributed by atoms with Gasteiger partial charge in [-0.2, -0.15) is 0 Å². The monoisotopic (exact) mass is 329 g/mol. The number of rotatable bonds is 3. The van der Waals surface area contributed by atoms with Crippen molar-refractivity contribution in [1.82, 2.24) is 14.9 Å². The molecule has 3 heterocycles. The van der Waals surface area contributed by atoms with E-state index in [1.807, 2.05) is 13.8 Å². The highest BCUT2D eigenvalue weighted by molar-refractivity contribution is 5.94. The van der Waals surface area contributed by atoms with Crippen LogP contribution in [0.1, 0.15) is 58.0 Å². The van der Waals surface area contributed by atoms with Crippen LogP contribution in [0, 0.1) is 0 Å². The fourth-order valence-corrected chi connectivity index (χ4v) is 2.56. The zero-order valence-electron chi connectivity index (χ0n) is 13.9. The number of pyridine rings is 1. The smallest absolute Gasteiger partial charge is 0.339 e. The molecule has 2 aromatic rings.